The summed E-state index contributed by atoms with van der Waals surface area (Å²) < 4.78 is 13.7. The Morgan fingerprint density at radius 1 is 1.17 bits per heavy atom. The molecule has 0 saturated heterocycles. The SMILES string of the molecule is O=C(c1cc(F)c(Cl)cc1Cl)N1CCc2[nH]c3ccccc3c2C1. The Bertz CT molecular complexity index is 967. The molecule has 0 saturated carbocycles. The average molecular weight is 363 g/mol. The third-order valence-electron chi connectivity index (χ3n) is 4.41. The van der Waals surface area contributed by atoms with Gasteiger partial charge in [0.05, 0.1) is 15.6 Å². The molecule has 2 heterocycles. The lowest BCUT2D eigenvalue weighted by molar-refractivity contribution is 0.0735. The summed E-state index contributed by atoms with van der Waals surface area (Å²) >= 11 is 11.8. The zero-order chi connectivity index (χ0) is 16.8. The monoisotopic (exact) mass is 362 g/mol. The Morgan fingerprint density at radius 3 is 2.79 bits per heavy atom. The second-order valence-corrected chi connectivity index (χ2v) is 6.66. The van der Waals surface area contributed by atoms with Gasteiger partial charge >= 0.3 is 0 Å². The number of nitrogens with zero attached hydrogens (tertiary/aromatic N) is 1. The van der Waals surface area contributed by atoms with Gasteiger partial charge in [-0.2, -0.15) is 0 Å². The molecule has 0 radical (unpaired) electrons. The fourth-order valence-corrected chi connectivity index (χ4v) is 3.66. The van der Waals surface area contributed by atoms with Gasteiger partial charge in [-0.05, 0) is 18.2 Å². The summed E-state index contributed by atoms with van der Waals surface area (Å²) in [4.78, 5) is 17.9. The van der Waals surface area contributed by atoms with Gasteiger partial charge in [0, 0.05) is 41.7 Å². The summed E-state index contributed by atoms with van der Waals surface area (Å²) in [7, 11) is 0. The molecule has 1 N–H and O–H groups in total. The van der Waals surface area contributed by atoms with Gasteiger partial charge in [-0.25, -0.2) is 4.39 Å². The first kappa shape index (κ1) is 15.5. The third kappa shape index (κ3) is 2.46. The van der Waals surface area contributed by atoms with E-state index >= 15 is 0 Å². The van der Waals surface area contributed by atoms with E-state index < -0.39 is 5.82 Å². The van der Waals surface area contributed by atoms with Crippen LogP contribution in [-0.2, 0) is 13.0 Å². The number of fused-ring (bicyclic) bond motifs is 3. The first-order chi connectivity index (χ1) is 11.5. The zero-order valence-electron chi connectivity index (χ0n) is 12.6. The molecular weight excluding hydrogens is 350 g/mol. The van der Waals surface area contributed by atoms with Crippen molar-refractivity contribution in [3.05, 3.63) is 69.1 Å². The van der Waals surface area contributed by atoms with Gasteiger partial charge in [-0.3, -0.25) is 4.79 Å². The number of carbonyl (C=O) groups excluding carboxylic acids is 1. The zero-order valence-corrected chi connectivity index (χ0v) is 14.1. The number of aromatic amines is 1. The third-order valence-corrected chi connectivity index (χ3v) is 5.01. The molecule has 1 aromatic heterocycles. The molecule has 0 atom stereocenters. The van der Waals surface area contributed by atoms with Crippen LogP contribution in [0.2, 0.25) is 10.0 Å². The smallest absolute Gasteiger partial charge is 0.255 e. The number of para-hydroxylation sites is 1. The fraction of sp³-hybridized carbons (Fsp3) is 0.167. The highest BCUT2D eigenvalue weighted by Crippen LogP contribution is 2.30. The highest BCUT2D eigenvalue weighted by atomic mass is 35.5. The number of benzene rings is 2. The van der Waals surface area contributed by atoms with Crippen LogP contribution < -0.4 is 0 Å². The standard InChI is InChI=1S/C18H13Cl2FN2O/c19-13-8-14(20)15(21)7-11(13)18(24)23-6-5-17-12(9-23)10-3-1-2-4-16(10)22-17/h1-4,7-8,22H,5-6,9H2. The van der Waals surface area contributed by atoms with Crippen LogP contribution in [-0.4, -0.2) is 22.3 Å². The Morgan fingerprint density at radius 2 is 1.96 bits per heavy atom. The minimum atomic E-state index is -0.644. The maximum absolute atomic E-state index is 13.7. The highest BCUT2D eigenvalue weighted by Gasteiger charge is 2.26. The molecule has 0 unspecified atom stereocenters. The van der Waals surface area contributed by atoms with Crippen LogP contribution in [0.5, 0.6) is 0 Å². The minimum absolute atomic E-state index is 0.0888. The molecule has 3 nitrogen and oxygen atoms in total. The molecule has 1 amide bonds. The Labute approximate surface area is 148 Å². The summed E-state index contributed by atoms with van der Waals surface area (Å²) in [5, 5.41) is 1.18. The first-order valence-electron chi connectivity index (χ1n) is 7.57. The van der Waals surface area contributed by atoms with Crippen molar-refractivity contribution in [3.63, 3.8) is 0 Å². The molecule has 0 spiro atoms. The molecular formula is C18H13Cl2FN2O. The molecule has 1 aliphatic rings. The van der Waals surface area contributed by atoms with Crippen molar-refractivity contribution in [2.45, 2.75) is 13.0 Å². The lowest BCUT2D eigenvalue weighted by atomic mass is 10.0. The predicted octanol–water partition coefficient (Wildman–Crippen LogP) is 4.81. The number of amides is 1. The van der Waals surface area contributed by atoms with Gasteiger partial charge in [0.2, 0.25) is 0 Å². The van der Waals surface area contributed by atoms with E-state index in [2.05, 4.69) is 4.98 Å². The molecule has 1 aliphatic heterocycles. The topological polar surface area (TPSA) is 36.1 Å². The number of carbonyl (C=O) groups is 1. The molecule has 122 valence electrons. The van der Waals surface area contributed by atoms with E-state index in [9.17, 15) is 9.18 Å². The maximum Gasteiger partial charge on any atom is 0.255 e. The van der Waals surface area contributed by atoms with E-state index in [0.29, 0.717) is 13.1 Å². The normalized spacial score (nSPS) is 14.0. The average Bonchev–Trinajstić information content (AvgIpc) is 2.95. The number of rotatable bonds is 1. The molecule has 2 aromatic carbocycles. The molecule has 0 bridgehead atoms. The van der Waals surface area contributed by atoms with Gasteiger partial charge < -0.3 is 9.88 Å². The number of hydrogen-bond donors (Lipinski definition) is 1. The Hall–Kier alpha value is -2.04. The van der Waals surface area contributed by atoms with Crippen LogP contribution in [0.1, 0.15) is 21.6 Å². The van der Waals surface area contributed by atoms with Crippen molar-refractivity contribution < 1.29 is 9.18 Å². The summed E-state index contributed by atoms with van der Waals surface area (Å²) in [5.41, 5.74) is 3.46. The molecule has 6 heteroatoms. The van der Waals surface area contributed by atoms with Gasteiger partial charge in [-0.15, -0.1) is 0 Å². The predicted molar refractivity (Wildman–Crippen MR) is 93.2 cm³/mol. The minimum Gasteiger partial charge on any atom is -0.358 e. The van der Waals surface area contributed by atoms with E-state index in [1.165, 1.54) is 6.07 Å². The number of hydrogen-bond acceptors (Lipinski definition) is 1. The lowest BCUT2D eigenvalue weighted by Gasteiger charge is -2.27. The van der Waals surface area contributed by atoms with Crippen molar-refractivity contribution in [2.24, 2.45) is 0 Å². The van der Waals surface area contributed by atoms with Crippen LogP contribution in [0.25, 0.3) is 10.9 Å². The summed E-state index contributed by atoms with van der Waals surface area (Å²) in [6.07, 6.45) is 0.726. The van der Waals surface area contributed by atoms with E-state index in [1.54, 1.807) is 4.90 Å². The maximum atomic E-state index is 13.7. The number of halogens is 3. The van der Waals surface area contributed by atoms with Crippen LogP contribution >= 0.6 is 23.2 Å². The Balaban J connectivity index is 1.69. The summed E-state index contributed by atoms with van der Waals surface area (Å²) in [6.45, 7) is 1.03. The summed E-state index contributed by atoms with van der Waals surface area (Å²) in [5.74, 6) is -0.930. The fourth-order valence-electron chi connectivity index (χ4n) is 3.20. The van der Waals surface area contributed by atoms with Crippen molar-refractivity contribution in [1.29, 1.82) is 0 Å². The molecule has 0 fully saturated rings. The van der Waals surface area contributed by atoms with Gasteiger partial charge in [0.25, 0.3) is 5.91 Å². The molecule has 0 aliphatic carbocycles. The van der Waals surface area contributed by atoms with E-state index in [0.717, 1.165) is 34.6 Å². The summed E-state index contributed by atoms with van der Waals surface area (Å²) in [6, 6.07) is 10.4. The molecule has 24 heavy (non-hydrogen) atoms. The largest absolute Gasteiger partial charge is 0.358 e. The Kier molecular flexibility index (Phi) is 3.74. The second kappa shape index (κ2) is 5.80. The van der Waals surface area contributed by atoms with Crippen LogP contribution in [0.15, 0.2) is 36.4 Å². The van der Waals surface area contributed by atoms with Gasteiger partial charge in [-0.1, -0.05) is 41.4 Å². The van der Waals surface area contributed by atoms with E-state index in [1.807, 2.05) is 24.3 Å². The van der Waals surface area contributed by atoms with E-state index in [4.69, 9.17) is 23.2 Å². The number of nitrogens with one attached hydrogen (secondary N) is 1. The number of H-pyrrole nitrogens is 1. The lowest BCUT2D eigenvalue weighted by Crippen LogP contribution is -2.36. The highest BCUT2D eigenvalue weighted by molar-refractivity contribution is 6.36. The number of aromatic nitrogens is 1. The van der Waals surface area contributed by atoms with Crippen LogP contribution in [0, 0.1) is 5.82 Å². The van der Waals surface area contributed by atoms with E-state index in [-0.39, 0.29) is 21.5 Å². The van der Waals surface area contributed by atoms with Crippen LogP contribution in [0.3, 0.4) is 0 Å². The first-order valence-corrected chi connectivity index (χ1v) is 8.32. The van der Waals surface area contributed by atoms with Crippen molar-refractivity contribution in [1.82, 2.24) is 9.88 Å². The van der Waals surface area contributed by atoms with Crippen molar-refractivity contribution in [2.75, 3.05) is 6.54 Å². The quantitative estimate of drug-likeness (QED) is 0.619. The van der Waals surface area contributed by atoms with Gasteiger partial charge in [0.1, 0.15) is 5.82 Å². The molecule has 3 aromatic rings. The van der Waals surface area contributed by atoms with Crippen LogP contribution in [0.4, 0.5) is 4.39 Å². The molecule has 4 rings (SSSR count). The van der Waals surface area contributed by atoms with Crippen molar-refractivity contribution >= 4 is 40.0 Å². The van der Waals surface area contributed by atoms with Crippen molar-refractivity contribution in [3.8, 4) is 0 Å². The van der Waals surface area contributed by atoms with Gasteiger partial charge in [0.15, 0.2) is 0 Å². The second-order valence-electron chi connectivity index (χ2n) is 5.85.